The molecule has 0 aliphatic heterocycles. The molecular formula is C16H12BrN3O. The highest BCUT2D eigenvalue weighted by atomic mass is 79.9. The van der Waals surface area contributed by atoms with Crippen molar-refractivity contribution in [3.63, 3.8) is 0 Å². The summed E-state index contributed by atoms with van der Waals surface area (Å²) in [4.78, 5) is 14.7. The first kappa shape index (κ1) is 13.6. The van der Waals surface area contributed by atoms with Crippen molar-refractivity contribution in [3.05, 3.63) is 70.5 Å². The second-order valence-electron chi connectivity index (χ2n) is 4.50. The third-order valence-electron chi connectivity index (χ3n) is 3.09. The predicted octanol–water partition coefficient (Wildman–Crippen LogP) is 3.69. The predicted molar refractivity (Wildman–Crippen MR) is 87.5 cm³/mol. The molecule has 2 N–H and O–H groups in total. The number of halogens is 1. The van der Waals surface area contributed by atoms with Crippen LogP contribution in [0.4, 0.5) is 0 Å². The Hall–Kier alpha value is -2.40. The average Bonchev–Trinajstić information content (AvgIpc) is 2.94. The molecule has 2 aromatic carbocycles. The van der Waals surface area contributed by atoms with Gasteiger partial charge in [-0.2, -0.15) is 5.10 Å². The van der Waals surface area contributed by atoms with Gasteiger partial charge < -0.3 is 4.98 Å². The molecule has 5 heteroatoms. The fourth-order valence-corrected chi connectivity index (χ4v) is 2.43. The molecule has 21 heavy (non-hydrogen) atoms. The van der Waals surface area contributed by atoms with Gasteiger partial charge in [0.1, 0.15) is 5.69 Å². The van der Waals surface area contributed by atoms with Crippen molar-refractivity contribution in [1.29, 1.82) is 0 Å². The van der Waals surface area contributed by atoms with Gasteiger partial charge in [-0.3, -0.25) is 4.79 Å². The lowest BCUT2D eigenvalue weighted by atomic mass is 10.1. The lowest BCUT2D eigenvalue weighted by molar-refractivity contribution is 0.0951. The summed E-state index contributed by atoms with van der Waals surface area (Å²) in [5.74, 6) is -0.280. The van der Waals surface area contributed by atoms with E-state index in [4.69, 9.17) is 0 Å². The number of rotatable bonds is 3. The van der Waals surface area contributed by atoms with Crippen molar-refractivity contribution in [2.24, 2.45) is 5.10 Å². The summed E-state index contributed by atoms with van der Waals surface area (Å²) in [5, 5.41) is 6.26. The summed E-state index contributed by atoms with van der Waals surface area (Å²) in [7, 11) is 0. The molecule has 0 spiro atoms. The van der Waals surface area contributed by atoms with E-state index in [0.717, 1.165) is 20.8 Å². The molecule has 0 unspecified atom stereocenters. The van der Waals surface area contributed by atoms with Crippen molar-refractivity contribution in [3.8, 4) is 0 Å². The Morgan fingerprint density at radius 2 is 2.00 bits per heavy atom. The van der Waals surface area contributed by atoms with Gasteiger partial charge in [-0.25, -0.2) is 5.43 Å². The first-order chi connectivity index (χ1) is 10.2. The number of aromatic nitrogens is 1. The first-order valence-corrected chi connectivity index (χ1v) is 7.18. The van der Waals surface area contributed by atoms with Crippen LogP contribution >= 0.6 is 15.9 Å². The van der Waals surface area contributed by atoms with E-state index in [1.807, 2.05) is 42.5 Å². The second kappa shape index (κ2) is 5.93. The Kier molecular flexibility index (Phi) is 3.83. The maximum absolute atomic E-state index is 11.8. The number of carbonyl (C=O) groups is 1. The fourth-order valence-electron chi connectivity index (χ4n) is 2.08. The minimum Gasteiger partial charge on any atom is -0.356 e. The Labute approximate surface area is 130 Å². The summed E-state index contributed by atoms with van der Waals surface area (Å²) < 4.78 is 0.825. The van der Waals surface area contributed by atoms with Crippen LogP contribution < -0.4 is 5.43 Å². The average molecular weight is 342 g/mol. The van der Waals surface area contributed by atoms with E-state index >= 15 is 0 Å². The van der Waals surface area contributed by atoms with Crippen LogP contribution in [0.3, 0.4) is 0 Å². The number of hydrazone groups is 1. The van der Waals surface area contributed by atoms with E-state index < -0.39 is 0 Å². The van der Waals surface area contributed by atoms with Gasteiger partial charge in [0.15, 0.2) is 0 Å². The van der Waals surface area contributed by atoms with Gasteiger partial charge in [-0.05, 0) is 32.8 Å². The molecule has 0 saturated carbocycles. The maximum Gasteiger partial charge on any atom is 0.287 e. The standard InChI is InChI=1S/C16H12BrN3O/c17-13-8-15(18-10-13)16(21)20-19-9-12-6-3-5-11-4-1-2-7-14(11)12/h1-10,18H,(H,20,21)/b19-9-. The third kappa shape index (κ3) is 3.03. The Balaban J connectivity index is 1.78. The number of benzene rings is 2. The van der Waals surface area contributed by atoms with Crippen LogP contribution in [0.25, 0.3) is 10.8 Å². The van der Waals surface area contributed by atoms with Crippen molar-refractivity contribution in [2.45, 2.75) is 0 Å². The molecule has 3 aromatic rings. The minimum absolute atomic E-state index is 0.280. The number of hydrogen-bond acceptors (Lipinski definition) is 2. The van der Waals surface area contributed by atoms with Crippen molar-refractivity contribution in [2.75, 3.05) is 0 Å². The van der Waals surface area contributed by atoms with E-state index in [0.29, 0.717) is 5.69 Å². The van der Waals surface area contributed by atoms with Gasteiger partial charge in [-0.1, -0.05) is 42.5 Å². The van der Waals surface area contributed by atoms with Crippen molar-refractivity contribution >= 4 is 38.8 Å². The number of hydrogen-bond donors (Lipinski definition) is 2. The van der Waals surface area contributed by atoms with E-state index in [2.05, 4.69) is 31.4 Å². The number of H-pyrrole nitrogens is 1. The van der Waals surface area contributed by atoms with Crippen molar-refractivity contribution < 1.29 is 4.79 Å². The molecular weight excluding hydrogens is 330 g/mol. The van der Waals surface area contributed by atoms with Gasteiger partial charge >= 0.3 is 0 Å². The lowest BCUT2D eigenvalue weighted by Gasteiger charge is -2.01. The van der Waals surface area contributed by atoms with Gasteiger partial charge in [0.25, 0.3) is 5.91 Å². The van der Waals surface area contributed by atoms with Crippen LogP contribution in [-0.2, 0) is 0 Å². The van der Waals surface area contributed by atoms with Crippen LogP contribution in [0.1, 0.15) is 16.1 Å². The molecule has 0 bridgehead atoms. The van der Waals surface area contributed by atoms with Crippen LogP contribution in [0, 0.1) is 0 Å². The number of carbonyl (C=O) groups excluding carboxylic acids is 1. The van der Waals surface area contributed by atoms with Crippen LogP contribution in [-0.4, -0.2) is 17.1 Å². The molecule has 0 radical (unpaired) electrons. The van der Waals surface area contributed by atoms with Crippen LogP contribution in [0.5, 0.6) is 0 Å². The highest BCUT2D eigenvalue weighted by Gasteiger charge is 2.06. The molecule has 1 heterocycles. The zero-order valence-corrected chi connectivity index (χ0v) is 12.6. The van der Waals surface area contributed by atoms with Crippen LogP contribution in [0.2, 0.25) is 0 Å². The van der Waals surface area contributed by atoms with Crippen molar-refractivity contribution in [1.82, 2.24) is 10.4 Å². The number of nitrogens with zero attached hydrogens (tertiary/aromatic N) is 1. The molecule has 0 aliphatic carbocycles. The summed E-state index contributed by atoms with van der Waals surface area (Å²) >= 11 is 3.28. The Bertz CT molecular complexity index is 818. The quantitative estimate of drug-likeness (QED) is 0.553. The highest BCUT2D eigenvalue weighted by molar-refractivity contribution is 9.10. The summed E-state index contributed by atoms with van der Waals surface area (Å²) in [5.41, 5.74) is 3.92. The molecule has 1 amide bonds. The Morgan fingerprint density at radius 3 is 2.81 bits per heavy atom. The van der Waals surface area contributed by atoms with Gasteiger partial charge in [0, 0.05) is 16.2 Å². The molecule has 1 aromatic heterocycles. The SMILES string of the molecule is O=C(N/N=C\c1cccc2ccccc12)c1cc(Br)c[nH]1. The largest absolute Gasteiger partial charge is 0.356 e. The molecule has 0 saturated heterocycles. The zero-order valence-electron chi connectivity index (χ0n) is 11.0. The molecule has 4 nitrogen and oxygen atoms in total. The first-order valence-electron chi connectivity index (χ1n) is 6.39. The monoisotopic (exact) mass is 341 g/mol. The summed E-state index contributed by atoms with van der Waals surface area (Å²) in [6.45, 7) is 0. The van der Waals surface area contributed by atoms with Gasteiger partial charge in [-0.15, -0.1) is 0 Å². The zero-order chi connectivity index (χ0) is 14.7. The topological polar surface area (TPSA) is 57.2 Å². The fraction of sp³-hybridized carbons (Fsp3) is 0. The van der Waals surface area contributed by atoms with E-state index in [9.17, 15) is 4.79 Å². The number of aromatic amines is 1. The normalized spacial score (nSPS) is 11.1. The molecule has 104 valence electrons. The molecule has 0 aliphatic rings. The number of fused-ring (bicyclic) bond motifs is 1. The van der Waals surface area contributed by atoms with Gasteiger partial charge in [0.05, 0.1) is 6.21 Å². The summed E-state index contributed by atoms with van der Waals surface area (Å²) in [6, 6.07) is 15.7. The third-order valence-corrected chi connectivity index (χ3v) is 3.54. The summed E-state index contributed by atoms with van der Waals surface area (Å²) in [6.07, 6.45) is 3.35. The molecule has 3 rings (SSSR count). The second-order valence-corrected chi connectivity index (χ2v) is 5.41. The molecule has 0 atom stereocenters. The van der Waals surface area contributed by atoms with E-state index in [1.54, 1.807) is 18.5 Å². The molecule has 0 fully saturated rings. The van der Waals surface area contributed by atoms with E-state index in [-0.39, 0.29) is 5.91 Å². The smallest absolute Gasteiger partial charge is 0.287 e. The highest BCUT2D eigenvalue weighted by Crippen LogP contribution is 2.16. The minimum atomic E-state index is -0.280. The number of amides is 1. The van der Waals surface area contributed by atoms with Crippen LogP contribution in [0.15, 0.2) is 64.3 Å². The Morgan fingerprint density at radius 1 is 1.19 bits per heavy atom. The van der Waals surface area contributed by atoms with E-state index in [1.165, 1.54) is 0 Å². The van der Waals surface area contributed by atoms with Gasteiger partial charge in [0.2, 0.25) is 0 Å². The lowest BCUT2D eigenvalue weighted by Crippen LogP contribution is -2.17. The maximum atomic E-state index is 11.8. The number of nitrogens with one attached hydrogen (secondary N) is 2.